The second kappa shape index (κ2) is 7.14. The number of ether oxygens (including phenoxy) is 3. The highest BCUT2D eigenvalue weighted by atomic mass is 16.7. The Kier molecular flexibility index (Phi) is 7.04. The molecular weight excluding hydrogens is 184 g/mol. The predicted molar refractivity (Wildman–Crippen MR) is 54.6 cm³/mol. The molecule has 0 aliphatic heterocycles. The molecule has 1 unspecified atom stereocenters. The van der Waals surface area contributed by atoms with E-state index in [4.69, 9.17) is 25.7 Å². The van der Waals surface area contributed by atoms with Crippen molar-refractivity contribution in [2.24, 2.45) is 11.5 Å². The topological polar surface area (TPSA) is 79.7 Å². The standard InChI is InChI=1S/C9H22N2O3/c1-4-12-8(7-10)9(11,13-5-2)14-6-3/h8H,4-7,10-11H2,1-3H3. The Balaban J connectivity index is 4.39. The average Bonchev–Trinajstić information content (AvgIpc) is 2.14. The van der Waals surface area contributed by atoms with Crippen molar-refractivity contribution in [3.8, 4) is 0 Å². The lowest BCUT2D eigenvalue weighted by atomic mass is 10.2. The van der Waals surface area contributed by atoms with Gasteiger partial charge >= 0.3 is 0 Å². The smallest absolute Gasteiger partial charge is 0.253 e. The Bertz CT molecular complexity index is 138. The fourth-order valence-corrected chi connectivity index (χ4v) is 1.23. The molecule has 0 aliphatic carbocycles. The fourth-order valence-electron chi connectivity index (χ4n) is 1.23. The molecule has 0 heterocycles. The van der Waals surface area contributed by atoms with E-state index in [9.17, 15) is 0 Å². The molecule has 0 aliphatic rings. The lowest BCUT2D eigenvalue weighted by molar-refractivity contribution is -0.283. The molecule has 0 aromatic carbocycles. The second-order valence-electron chi connectivity index (χ2n) is 2.77. The molecule has 5 heteroatoms. The van der Waals surface area contributed by atoms with E-state index in [0.717, 1.165) is 0 Å². The van der Waals surface area contributed by atoms with Gasteiger partial charge in [-0.25, -0.2) is 0 Å². The minimum Gasteiger partial charge on any atom is -0.370 e. The summed E-state index contributed by atoms with van der Waals surface area (Å²) in [5.41, 5.74) is 11.5. The van der Waals surface area contributed by atoms with Crippen molar-refractivity contribution >= 4 is 0 Å². The third-order valence-electron chi connectivity index (χ3n) is 1.77. The maximum absolute atomic E-state index is 5.91. The van der Waals surface area contributed by atoms with E-state index < -0.39 is 12.0 Å². The SMILES string of the molecule is CCOC(CN)C(N)(OCC)OCC. The van der Waals surface area contributed by atoms with Crippen LogP contribution in [0.2, 0.25) is 0 Å². The molecule has 86 valence electrons. The largest absolute Gasteiger partial charge is 0.370 e. The van der Waals surface area contributed by atoms with Crippen LogP contribution in [0.4, 0.5) is 0 Å². The zero-order valence-corrected chi connectivity index (χ0v) is 9.29. The van der Waals surface area contributed by atoms with Crippen molar-refractivity contribution < 1.29 is 14.2 Å². The zero-order chi connectivity index (χ0) is 11.0. The van der Waals surface area contributed by atoms with Gasteiger partial charge in [-0.2, -0.15) is 0 Å². The van der Waals surface area contributed by atoms with E-state index in [1.54, 1.807) is 0 Å². The van der Waals surface area contributed by atoms with Crippen LogP contribution < -0.4 is 11.5 Å². The highest BCUT2D eigenvalue weighted by molar-refractivity contribution is 4.75. The van der Waals surface area contributed by atoms with Crippen molar-refractivity contribution in [3.63, 3.8) is 0 Å². The summed E-state index contributed by atoms with van der Waals surface area (Å²) in [5.74, 6) is -1.23. The third kappa shape index (κ3) is 3.89. The van der Waals surface area contributed by atoms with Crippen molar-refractivity contribution in [1.29, 1.82) is 0 Å². The molecule has 0 spiro atoms. The molecule has 0 saturated carbocycles. The highest BCUT2D eigenvalue weighted by Crippen LogP contribution is 2.14. The molecular formula is C9H22N2O3. The number of hydrogen-bond donors (Lipinski definition) is 2. The van der Waals surface area contributed by atoms with E-state index in [0.29, 0.717) is 19.8 Å². The van der Waals surface area contributed by atoms with Gasteiger partial charge in [-0.3, -0.25) is 5.73 Å². The molecule has 0 radical (unpaired) electrons. The first-order valence-electron chi connectivity index (χ1n) is 5.03. The predicted octanol–water partition coefficient (Wildman–Crippen LogP) is 0.0357. The van der Waals surface area contributed by atoms with E-state index >= 15 is 0 Å². The zero-order valence-electron chi connectivity index (χ0n) is 9.29. The van der Waals surface area contributed by atoms with Gasteiger partial charge in [-0.15, -0.1) is 0 Å². The summed E-state index contributed by atoms with van der Waals surface area (Å²) in [6.45, 7) is 7.28. The molecule has 5 nitrogen and oxygen atoms in total. The average molecular weight is 206 g/mol. The summed E-state index contributed by atoms with van der Waals surface area (Å²) in [6.07, 6.45) is -0.438. The molecule has 0 saturated heterocycles. The van der Waals surface area contributed by atoms with Gasteiger partial charge in [0, 0.05) is 26.4 Å². The third-order valence-corrected chi connectivity index (χ3v) is 1.77. The Morgan fingerprint density at radius 2 is 1.57 bits per heavy atom. The molecule has 14 heavy (non-hydrogen) atoms. The summed E-state index contributed by atoms with van der Waals surface area (Å²) < 4.78 is 16.0. The van der Waals surface area contributed by atoms with E-state index in [1.165, 1.54) is 0 Å². The van der Waals surface area contributed by atoms with E-state index in [2.05, 4.69) is 0 Å². The molecule has 1 atom stereocenters. The van der Waals surface area contributed by atoms with Crippen LogP contribution in [0, 0.1) is 0 Å². The van der Waals surface area contributed by atoms with Crippen molar-refractivity contribution in [2.75, 3.05) is 26.4 Å². The van der Waals surface area contributed by atoms with Gasteiger partial charge in [0.25, 0.3) is 5.91 Å². The Morgan fingerprint density at radius 3 is 1.86 bits per heavy atom. The molecule has 4 N–H and O–H groups in total. The van der Waals surface area contributed by atoms with Crippen LogP contribution in [0.15, 0.2) is 0 Å². The van der Waals surface area contributed by atoms with Crippen LogP contribution in [-0.4, -0.2) is 38.4 Å². The van der Waals surface area contributed by atoms with Crippen LogP contribution in [0.25, 0.3) is 0 Å². The summed E-state index contributed by atoms with van der Waals surface area (Å²) in [6, 6.07) is 0. The van der Waals surface area contributed by atoms with Crippen LogP contribution in [-0.2, 0) is 14.2 Å². The van der Waals surface area contributed by atoms with Crippen molar-refractivity contribution in [3.05, 3.63) is 0 Å². The van der Waals surface area contributed by atoms with Crippen LogP contribution in [0.5, 0.6) is 0 Å². The summed E-state index contributed by atoms with van der Waals surface area (Å²) in [7, 11) is 0. The van der Waals surface area contributed by atoms with Crippen molar-refractivity contribution in [2.45, 2.75) is 32.8 Å². The van der Waals surface area contributed by atoms with Gasteiger partial charge in [-0.1, -0.05) is 0 Å². The first-order valence-corrected chi connectivity index (χ1v) is 5.03. The lowest BCUT2D eigenvalue weighted by Crippen LogP contribution is -2.59. The maximum atomic E-state index is 5.91. The molecule has 0 aromatic heterocycles. The maximum Gasteiger partial charge on any atom is 0.253 e. The quantitative estimate of drug-likeness (QED) is 0.548. The fraction of sp³-hybridized carbons (Fsp3) is 1.00. The van der Waals surface area contributed by atoms with E-state index in [1.807, 2.05) is 20.8 Å². The molecule has 0 bridgehead atoms. The summed E-state index contributed by atoms with van der Waals surface area (Å²) in [5, 5.41) is 0. The summed E-state index contributed by atoms with van der Waals surface area (Å²) in [4.78, 5) is 0. The monoisotopic (exact) mass is 206 g/mol. The Hall–Kier alpha value is -0.200. The van der Waals surface area contributed by atoms with Crippen LogP contribution in [0.3, 0.4) is 0 Å². The molecule has 0 fully saturated rings. The normalized spacial score (nSPS) is 14.4. The minimum absolute atomic E-state index is 0.268. The number of nitrogens with two attached hydrogens (primary N) is 2. The van der Waals surface area contributed by atoms with Crippen LogP contribution in [0.1, 0.15) is 20.8 Å². The molecule has 0 amide bonds. The van der Waals surface area contributed by atoms with Gasteiger partial charge in [0.15, 0.2) is 0 Å². The molecule has 0 rings (SSSR count). The van der Waals surface area contributed by atoms with Crippen molar-refractivity contribution in [1.82, 2.24) is 0 Å². The van der Waals surface area contributed by atoms with Gasteiger partial charge in [0.2, 0.25) is 0 Å². The second-order valence-corrected chi connectivity index (χ2v) is 2.77. The van der Waals surface area contributed by atoms with E-state index in [-0.39, 0.29) is 6.54 Å². The first kappa shape index (κ1) is 13.8. The first-order chi connectivity index (χ1) is 6.64. The number of hydrogen-bond acceptors (Lipinski definition) is 5. The number of rotatable bonds is 8. The minimum atomic E-state index is -1.23. The summed E-state index contributed by atoms with van der Waals surface area (Å²) >= 11 is 0. The lowest BCUT2D eigenvalue weighted by Gasteiger charge is -2.35. The van der Waals surface area contributed by atoms with Gasteiger partial charge in [0.1, 0.15) is 6.10 Å². The van der Waals surface area contributed by atoms with Gasteiger partial charge in [-0.05, 0) is 20.8 Å². The van der Waals surface area contributed by atoms with Crippen LogP contribution >= 0.6 is 0 Å². The Morgan fingerprint density at radius 1 is 1.07 bits per heavy atom. The Labute approximate surface area is 85.7 Å². The van der Waals surface area contributed by atoms with Gasteiger partial charge < -0.3 is 19.9 Å². The highest BCUT2D eigenvalue weighted by Gasteiger charge is 2.36. The van der Waals surface area contributed by atoms with Gasteiger partial charge in [0.05, 0.1) is 0 Å². The molecule has 0 aromatic rings.